The fourth-order valence-corrected chi connectivity index (χ4v) is 2.09. The Labute approximate surface area is 122 Å². The molecule has 5 nitrogen and oxygen atoms in total. The van der Waals surface area contributed by atoms with Gasteiger partial charge in [0.15, 0.2) is 5.82 Å². The molecule has 0 aliphatic rings. The molecule has 0 saturated heterocycles. The molecule has 0 atom stereocenters. The van der Waals surface area contributed by atoms with E-state index in [1.165, 1.54) is 10.9 Å². The van der Waals surface area contributed by atoms with Gasteiger partial charge in [0, 0.05) is 12.3 Å². The molecule has 0 bridgehead atoms. The maximum Gasteiger partial charge on any atom is 0.397 e. The highest BCUT2D eigenvalue weighted by Gasteiger charge is 2.27. The van der Waals surface area contributed by atoms with Gasteiger partial charge in [-0.1, -0.05) is 6.07 Å². The van der Waals surface area contributed by atoms with Crippen molar-refractivity contribution >= 4 is 23.5 Å². The first-order valence-electron chi connectivity index (χ1n) is 5.85. The lowest BCUT2D eigenvalue weighted by Gasteiger charge is -2.08. The number of amides is 1. The van der Waals surface area contributed by atoms with Crippen molar-refractivity contribution < 1.29 is 18.0 Å². The van der Waals surface area contributed by atoms with Gasteiger partial charge < -0.3 is 5.32 Å². The Morgan fingerprint density at radius 1 is 1.29 bits per heavy atom. The number of hydrogen-bond acceptors (Lipinski definition) is 4. The van der Waals surface area contributed by atoms with Crippen molar-refractivity contribution in [2.75, 3.05) is 16.8 Å². The molecule has 1 N–H and O–H groups in total. The number of aromatic nitrogens is 3. The molecule has 0 radical (unpaired) electrons. The molecular formula is C12H11F3N4OS. The van der Waals surface area contributed by atoms with E-state index in [9.17, 15) is 18.0 Å². The Balaban J connectivity index is 1.95. The van der Waals surface area contributed by atoms with Crippen LogP contribution in [0.25, 0.3) is 5.82 Å². The van der Waals surface area contributed by atoms with Gasteiger partial charge in [0.05, 0.1) is 17.7 Å². The summed E-state index contributed by atoms with van der Waals surface area (Å²) in [6.45, 7) is 0. The molecule has 2 aromatic rings. The Kier molecular flexibility index (Phi) is 4.84. The molecule has 0 saturated carbocycles. The van der Waals surface area contributed by atoms with E-state index in [4.69, 9.17) is 0 Å². The van der Waals surface area contributed by atoms with Crippen molar-refractivity contribution in [2.24, 2.45) is 0 Å². The molecule has 2 rings (SSSR count). The van der Waals surface area contributed by atoms with Gasteiger partial charge in [-0.15, -0.1) is 11.8 Å². The van der Waals surface area contributed by atoms with E-state index < -0.39 is 17.8 Å². The quantitative estimate of drug-likeness (QED) is 0.921. The summed E-state index contributed by atoms with van der Waals surface area (Å²) in [4.78, 5) is 15.7. The second-order valence-corrected chi connectivity index (χ2v) is 4.96. The van der Waals surface area contributed by atoms with E-state index in [1.807, 2.05) is 0 Å². The van der Waals surface area contributed by atoms with Gasteiger partial charge >= 0.3 is 6.18 Å². The van der Waals surface area contributed by atoms with E-state index in [-0.39, 0.29) is 5.75 Å². The van der Waals surface area contributed by atoms with Gasteiger partial charge in [-0.05, 0) is 12.1 Å². The smallest absolute Gasteiger partial charge is 0.310 e. The van der Waals surface area contributed by atoms with Gasteiger partial charge in [-0.2, -0.15) is 23.0 Å². The van der Waals surface area contributed by atoms with Crippen LogP contribution in [0.5, 0.6) is 0 Å². The van der Waals surface area contributed by atoms with Gasteiger partial charge in [0.2, 0.25) is 5.91 Å². The molecule has 0 aromatic carbocycles. The number of carbonyl (C=O) groups is 1. The third-order valence-electron chi connectivity index (χ3n) is 2.28. The summed E-state index contributed by atoms with van der Waals surface area (Å²) >= 11 is 0.509. The SMILES string of the molecule is O=C(CSCC(F)(F)F)Nc1ccnn1-c1ccccn1. The van der Waals surface area contributed by atoms with Gasteiger partial charge in [0.1, 0.15) is 5.82 Å². The molecule has 9 heteroatoms. The number of carbonyl (C=O) groups excluding carboxylic acids is 1. The monoisotopic (exact) mass is 316 g/mol. The second-order valence-electron chi connectivity index (χ2n) is 3.97. The Morgan fingerprint density at radius 3 is 2.76 bits per heavy atom. The van der Waals surface area contributed by atoms with Crippen LogP contribution in [0.15, 0.2) is 36.7 Å². The number of thioether (sulfide) groups is 1. The topological polar surface area (TPSA) is 59.8 Å². The van der Waals surface area contributed by atoms with Crippen molar-refractivity contribution in [3.63, 3.8) is 0 Å². The fraction of sp³-hybridized carbons (Fsp3) is 0.250. The minimum atomic E-state index is -4.28. The highest BCUT2D eigenvalue weighted by Crippen LogP contribution is 2.21. The average molecular weight is 316 g/mol. The van der Waals surface area contributed by atoms with Crippen molar-refractivity contribution in [3.05, 3.63) is 36.7 Å². The number of nitrogens with zero attached hydrogens (tertiary/aromatic N) is 3. The molecule has 112 valence electrons. The highest BCUT2D eigenvalue weighted by molar-refractivity contribution is 8.00. The predicted octanol–water partition coefficient (Wildman–Crippen LogP) is 2.50. The normalized spacial score (nSPS) is 11.4. The molecule has 0 unspecified atom stereocenters. The van der Waals surface area contributed by atoms with Crippen LogP contribution in [0.2, 0.25) is 0 Å². The fourth-order valence-electron chi connectivity index (χ4n) is 1.50. The standard InChI is InChI=1S/C12H11F3N4OS/c13-12(14,15)8-21-7-11(20)18-10-4-6-17-19(10)9-3-1-2-5-16-9/h1-6H,7-8H2,(H,18,20). The third-order valence-corrected chi connectivity index (χ3v) is 3.27. The van der Waals surface area contributed by atoms with Crippen LogP contribution in [0, 0.1) is 0 Å². The first kappa shape index (κ1) is 15.4. The minimum absolute atomic E-state index is 0.285. The van der Waals surface area contributed by atoms with E-state index in [2.05, 4.69) is 15.4 Å². The number of halogens is 3. The van der Waals surface area contributed by atoms with Gasteiger partial charge in [-0.3, -0.25) is 4.79 Å². The van der Waals surface area contributed by atoms with Crippen LogP contribution in [-0.4, -0.2) is 38.4 Å². The van der Waals surface area contributed by atoms with E-state index in [0.29, 0.717) is 23.4 Å². The van der Waals surface area contributed by atoms with Crippen LogP contribution < -0.4 is 5.32 Å². The first-order chi connectivity index (χ1) is 9.96. The Hall–Kier alpha value is -2.03. The summed E-state index contributed by atoms with van der Waals surface area (Å²) in [5.74, 6) is -1.01. The first-order valence-corrected chi connectivity index (χ1v) is 7.01. The van der Waals surface area contributed by atoms with E-state index in [1.54, 1.807) is 30.5 Å². The van der Waals surface area contributed by atoms with Gasteiger partial charge in [0.25, 0.3) is 0 Å². The summed E-state index contributed by atoms with van der Waals surface area (Å²) in [6, 6.07) is 6.73. The van der Waals surface area contributed by atoms with Crippen LogP contribution in [0.4, 0.5) is 19.0 Å². The largest absolute Gasteiger partial charge is 0.397 e. The Morgan fingerprint density at radius 2 is 2.10 bits per heavy atom. The van der Waals surface area contributed by atoms with Crippen molar-refractivity contribution in [2.45, 2.75) is 6.18 Å². The maximum absolute atomic E-state index is 12.0. The molecule has 2 aromatic heterocycles. The molecule has 0 spiro atoms. The molecule has 0 aliphatic carbocycles. The van der Waals surface area contributed by atoms with E-state index in [0.717, 1.165) is 0 Å². The van der Waals surface area contributed by atoms with Crippen molar-refractivity contribution in [1.29, 1.82) is 0 Å². The van der Waals surface area contributed by atoms with Crippen LogP contribution in [-0.2, 0) is 4.79 Å². The number of alkyl halides is 3. The maximum atomic E-state index is 12.0. The zero-order chi connectivity index (χ0) is 15.3. The van der Waals surface area contributed by atoms with Crippen molar-refractivity contribution in [1.82, 2.24) is 14.8 Å². The minimum Gasteiger partial charge on any atom is -0.310 e. The van der Waals surface area contributed by atoms with Crippen LogP contribution in [0.3, 0.4) is 0 Å². The number of pyridine rings is 1. The average Bonchev–Trinajstić information content (AvgIpc) is 2.86. The number of nitrogens with one attached hydrogen (secondary N) is 1. The molecule has 1 amide bonds. The zero-order valence-corrected chi connectivity index (χ0v) is 11.5. The summed E-state index contributed by atoms with van der Waals surface area (Å²) in [5, 5.41) is 6.52. The van der Waals surface area contributed by atoms with Gasteiger partial charge in [-0.25, -0.2) is 4.98 Å². The molecular weight excluding hydrogens is 305 g/mol. The molecule has 2 heterocycles. The summed E-state index contributed by atoms with van der Waals surface area (Å²) in [6.07, 6.45) is -1.24. The second kappa shape index (κ2) is 6.61. The number of hydrogen-bond donors (Lipinski definition) is 1. The highest BCUT2D eigenvalue weighted by atomic mass is 32.2. The Bertz CT molecular complexity index is 600. The molecule has 0 fully saturated rings. The lowest BCUT2D eigenvalue weighted by molar-refractivity contribution is -0.113. The predicted molar refractivity (Wildman–Crippen MR) is 73.4 cm³/mol. The third kappa shape index (κ3) is 4.78. The summed E-state index contributed by atoms with van der Waals surface area (Å²) in [5.41, 5.74) is 0. The van der Waals surface area contributed by atoms with Crippen molar-refractivity contribution in [3.8, 4) is 5.82 Å². The molecule has 0 aliphatic heterocycles. The lowest BCUT2D eigenvalue weighted by atomic mass is 10.4. The molecule has 21 heavy (non-hydrogen) atoms. The lowest BCUT2D eigenvalue weighted by Crippen LogP contribution is -2.19. The summed E-state index contributed by atoms with van der Waals surface area (Å²) < 4.78 is 37.4. The van der Waals surface area contributed by atoms with E-state index >= 15 is 0 Å². The zero-order valence-electron chi connectivity index (χ0n) is 10.7. The number of rotatable bonds is 5. The van der Waals surface area contributed by atoms with Crippen LogP contribution >= 0.6 is 11.8 Å². The van der Waals surface area contributed by atoms with Crippen LogP contribution in [0.1, 0.15) is 0 Å². The summed E-state index contributed by atoms with van der Waals surface area (Å²) in [7, 11) is 0. The number of anilines is 1.